The van der Waals surface area contributed by atoms with Gasteiger partial charge in [0.25, 0.3) is 5.91 Å². The maximum absolute atomic E-state index is 13.3. The number of phenols is 1. The van der Waals surface area contributed by atoms with Gasteiger partial charge in [-0.25, -0.2) is 4.39 Å². The number of ether oxygens (including phenoxy) is 1. The molecule has 1 amide bonds. The van der Waals surface area contributed by atoms with E-state index in [9.17, 15) is 14.3 Å². The molecule has 1 heterocycles. The number of amides is 1. The molecule has 0 spiro atoms. The Kier molecular flexibility index (Phi) is 3.25. The van der Waals surface area contributed by atoms with E-state index in [1.165, 1.54) is 29.2 Å². The molecule has 1 aliphatic rings. The molecule has 0 aliphatic carbocycles. The highest BCUT2D eigenvalue weighted by Gasteiger charge is 2.31. The minimum atomic E-state index is -0.615. The van der Waals surface area contributed by atoms with E-state index < -0.39 is 6.10 Å². The van der Waals surface area contributed by atoms with Gasteiger partial charge in [0.05, 0.1) is 12.2 Å². The lowest BCUT2D eigenvalue weighted by Gasteiger charge is -2.33. The van der Waals surface area contributed by atoms with Crippen LogP contribution in [0.15, 0.2) is 42.5 Å². The van der Waals surface area contributed by atoms with Gasteiger partial charge in [0.2, 0.25) is 0 Å². The first-order chi connectivity index (χ1) is 10.0. The third-order valence-corrected chi connectivity index (χ3v) is 3.38. The lowest BCUT2D eigenvalue weighted by Crippen LogP contribution is -2.43. The second-order valence-corrected chi connectivity index (χ2v) is 4.97. The first-order valence-electron chi connectivity index (χ1n) is 6.60. The molecule has 5 heteroatoms. The van der Waals surface area contributed by atoms with E-state index >= 15 is 0 Å². The zero-order valence-electron chi connectivity index (χ0n) is 11.4. The maximum atomic E-state index is 13.3. The highest BCUT2D eigenvalue weighted by Crippen LogP contribution is 2.37. The number of carbonyl (C=O) groups excluding carboxylic acids is 1. The van der Waals surface area contributed by atoms with Crippen LogP contribution in [0.2, 0.25) is 0 Å². The summed E-state index contributed by atoms with van der Waals surface area (Å²) in [5.41, 5.74) is 1.16. The maximum Gasteiger partial charge on any atom is 0.268 e. The molecule has 0 saturated carbocycles. The van der Waals surface area contributed by atoms with E-state index in [4.69, 9.17) is 4.74 Å². The number of fused-ring (bicyclic) bond motifs is 1. The van der Waals surface area contributed by atoms with Crippen LogP contribution in [0, 0.1) is 5.82 Å². The predicted molar refractivity (Wildman–Crippen MR) is 75.8 cm³/mol. The van der Waals surface area contributed by atoms with Gasteiger partial charge in [-0.2, -0.15) is 0 Å². The van der Waals surface area contributed by atoms with Gasteiger partial charge >= 0.3 is 0 Å². The number of carbonyl (C=O) groups is 1. The quantitative estimate of drug-likeness (QED) is 0.924. The number of aromatic hydroxyl groups is 1. The van der Waals surface area contributed by atoms with Crippen LogP contribution in [-0.4, -0.2) is 17.1 Å². The summed E-state index contributed by atoms with van der Waals surface area (Å²) in [5.74, 6) is -0.00463. The summed E-state index contributed by atoms with van der Waals surface area (Å²) in [6, 6.07) is 10.7. The second kappa shape index (κ2) is 5.09. The van der Waals surface area contributed by atoms with Crippen molar-refractivity contribution in [2.45, 2.75) is 19.6 Å². The van der Waals surface area contributed by atoms with Crippen molar-refractivity contribution in [2.75, 3.05) is 4.90 Å². The number of nitrogens with zero attached hydrogens (tertiary/aromatic N) is 1. The molecule has 0 saturated heterocycles. The van der Waals surface area contributed by atoms with E-state index in [-0.39, 0.29) is 24.0 Å². The number of benzene rings is 2. The molecule has 0 bridgehead atoms. The summed E-state index contributed by atoms with van der Waals surface area (Å²) in [7, 11) is 0. The van der Waals surface area contributed by atoms with Gasteiger partial charge in [-0.15, -0.1) is 0 Å². The van der Waals surface area contributed by atoms with Gasteiger partial charge in [-0.05, 0) is 36.8 Å². The van der Waals surface area contributed by atoms with Crippen LogP contribution in [-0.2, 0) is 11.3 Å². The molecular weight excluding hydrogens is 273 g/mol. The van der Waals surface area contributed by atoms with Crippen LogP contribution in [0.3, 0.4) is 0 Å². The molecule has 3 rings (SSSR count). The smallest absolute Gasteiger partial charge is 0.268 e. The third kappa shape index (κ3) is 2.54. The molecule has 0 fully saturated rings. The average molecular weight is 287 g/mol. The average Bonchev–Trinajstić information content (AvgIpc) is 2.45. The molecule has 108 valence electrons. The fraction of sp³-hybridized carbons (Fsp3) is 0.188. The molecule has 1 N–H and O–H groups in total. The Morgan fingerprint density at radius 1 is 1.29 bits per heavy atom. The van der Waals surface area contributed by atoms with Gasteiger partial charge in [0.1, 0.15) is 17.3 Å². The van der Waals surface area contributed by atoms with Crippen LogP contribution in [0.25, 0.3) is 0 Å². The summed E-state index contributed by atoms with van der Waals surface area (Å²) in [6.45, 7) is 1.89. The minimum Gasteiger partial charge on any atom is -0.508 e. The van der Waals surface area contributed by atoms with Crippen LogP contribution in [0.4, 0.5) is 10.1 Å². The van der Waals surface area contributed by atoms with E-state index in [0.717, 1.165) is 0 Å². The van der Waals surface area contributed by atoms with Gasteiger partial charge < -0.3 is 14.7 Å². The molecule has 1 atom stereocenters. The largest absolute Gasteiger partial charge is 0.508 e. The lowest BCUT2D eigenvalue weighted by atomic mass is 10.1. The summed E-state index contributed by atoms with van der Waals surface area (Å²) >= 11 is 0. The van der Waals surface area contributed by atoms with Gasteiger partial charge in [0.15, 0.2) is 6.10 Å². The number of hydrogen-bond acceptors (Lipinski definition) is 3. The van der Waals surface area contributed by atoms with Gasteiger partial charge in [-0.3, -0.25) is 4.79 Å². The Hall–Kier alpha value is -2.56. The van der Waals surface area contributed by atoms with Crippen molar-refractivity contribution >= 4 is 11.6 Å². The molecular formula is C16H14FNO3. The van der Waals surface area contributed by atoms with Crippen molar-refractivity contribution in [1.82, 2.24) is 0 Å². The SMILES string of the molecule is CC1Oc2ccc(O)cc2N(Cc2cccc(F)c2)C1=O. The lowest BCUT2D eigenvalue weighted by molar-refractivity contribution is -0.125. The number of rotatable bonds is 2. The monoisotopic (exact) mass is 287 g/mol. The molecule has 4 nitrogen and oxygen atoms in total. The van der Waals surface area contributed by atoms with Crippen molar-refractivity contribution in [3.8, 4) is 11.5 Å². The van der Waals surface area contributed by atoms with E-state index in [1.807, 2.05) is 0 Å². The van der Waals surface area contributed by atoms with Crippen LogP contribution >= 0.6 is 0 Å². The van der Waals surface area contributed by atoms with E-state index in [0.29, 0.717) is 17.0 Å². The molecule has 1 aliphatic heterocycles. The highest BCUT2D eigenvalue weighted by atomic mass is 19.1. The number of phenolic OH excluding ortho intramolecular Hbond substituents is 1. The van der Waals surface area contributed by atoms with Crippen LogP contribution in [0.5, 0.6) is 11.5 Å². The fourth-order valence-electron chi connectivity index (χ4n) is 2.38. The standard InChI is InChI=1S/C16H14FNO3/c1-10-16(20)18(9-11-3-2-4-12(17)7-11)14-8-13(19)5-6-15(14)21-10/h2-8,10,19H,9H2,1H3. The topological polar surface area (TPSA) is 49.8 Å². The van der Waals surface area contributed by atoms with E-state index in [2.05, 4.69) is 0 Å². The first-order valence-corrected chi connectivity index (χ1v) is 6.60. The zero-order chi connectivity index (χ0) is 15.0. The summed E-state index contributed by atoms with van der Waals surface area (Å²) < 4.78 is 18.8. The Morgan fingerprint density at radius 3 is 2.86 bits per heavy atom. The highest BCUT2D eigenvalue weighted by molar-refractivity contribution is 5.99. The van der Waals surface area contributed by atoms with Crippen LogP contribution < -0.4 is 9.64 Å². The van der Waals surface area contributed by atoms with E-state index in [1.54, 1.807) is 25.1 Å². The molecule has 2 aromatic rings. The fourth-order valence-corrected chi connectivity index (χ4v) is 2.38. The summed E-state index contributed by atoms with van der Waals surface area (Å²) in [4.78, 5) is 13.8. The first kappa shape index (κ1) is 13.4. The Bertz CT molecular complexity index is 702. The summed E-state index contributed by atoms with van der Waals surface area (Å²) in [5, 5.41) is 9.61. The number of halogens is 1. The van der Waals surface area contributed by atoms with Crippen LogP contribution in [0.1, 0.15) is 12.5 Å². The molecule has 0 aromatic heterocycles. The van der Waals surface area contributed by atoms with Crippen molar-refractivity contribution in [3.05, 3.63) is 53.8 Å². The third-order valence-electron chi connectivity index (χ3n) is 3.38. The minimum absolute atomic E-state index is 0.0453. The van der Waals surface area contributed by atoms with Crippen molar-refractivity contribution in [3.63, 3.8) is 0 Å². The Balaban J connectivity index is 2.00. The molecule has 21 heavy (non-hydrogen) atoms. The number of hydrogen-bond donors (Lipinski definition) is 1. The zero-order valence-corrected chi connectivity index (χ0v) is 11.4. The predicted octanol–water partition coefficient (Wildman–Crippen LogP) is 2.85. The van der Waals surface area contributed by atoms with Crippen molar-refractivity contribution in [1.29, 1.82) is 0 Å². The summed E-state index contributed by atoms with van der Waals surface area (Å²) in [6.07, 6.45) is -0.615. The second-order valence-electron chi connectivity index (χ2n) is 4.97. The normalized spacial score (nSPS) is 17.3. The Labute approximate surface area is 121 Å². The Morgan fingerprint density at radius 2 is 2.10 bits per heavy atom. The van der Waals surface area contributed by atoms with Crippen molar-refractivity contribution < 1.29 is 19.0 Å². The molecule has 2 aromatic carbocycles. The molecule has 0 radical (unpaired) electrons. The van der Waals surface area contributed by atoms with Crippen molar-refractivity contribution in [2.24, 2.45) is 0 Å². The van der Waals surface area contributed by atoms with Gasteiger partial charge in [-0.1, -0.05) is 12.1 Å². The molecule has 1 unspecified atom stereocenters. The number of anilines is 1. The van der Waals surface area contributed by atoms with Gasteiger partial charge in [0, 0.05) is 6.07 Å².